The normalized spacial score (nSPS) is 12.1. The number of aromatic nitrogens is 1. The Bertz CT molecular complexity index is 1730. The first-order chi connectivity index (χ1) is 19.5. The number of hydrogen-bond donors (Lipinski definition) is 4. The molecule has 41 heavy (non-hydrogen) atoms. The summed E-state index contributed by atoms with van der Waals surface area (Å²) in [5.41, 5.74) is 0.114. The van der Waals surface area contributed by atoms with E-state index in [9.17, 15) is 32.7 Å². The summed E-state index contributed by atoms with van der Waals surface area (Å²) < 4.78 is 35.2. The third-order valence-electron chi connectivity index (χ3n) is 5.89. The van der Waals surface area contributed by atoms with E-state index in [0.717, 1.165) is 4.90 Å². The number of aromatic amines is 1. The first kappa shape index (κ1) is 29.5. The third kappa shape index (κ3) is 7.57. The van der Waals surface area contributed by atoms with Gasteiger partial charge in [0.05, 0.1) is 24.5 Å². The Labute approximate surface area is 237 Å². The Morgan fingerprint density at radius 1 is 1.00 bits per heavy atom. The number of carboxylic acids is 2. The molecule has 0 aliphatic heterocycles. The molecule has 14 heteroatoms. The van der Waals surface area contributed by atoms with Gasteiger partial charge in [-0.25, -0.2) is 8.42 Å². The summed E-state index contributed by atoms with van der Waals surface area (Å²) in [5, 5.41) is 20.7. The van der Waals surface area contributed by atoms with Crippen molar-refractivity contribution in [2.45, 2.75) is 23.9 Å². The Morgan fingerprint density at radius 3 is 2.49 bits per heavy atom. The molecule has 4 rings (SSSR count). The number of nitrogens with zero attached hydrogens (tertiary/aromatic N) is 1. The average molecular weight is 600 g/mol. The molecule has 2 heterocycles. The molecule has 0 saturated carbocycles. The molecule has 0 aliphatic carbocycles. The molecular formula is C27H25N3O9S2. The van der Waals surface area contributed by atoms with Crippen LogP contribution in [0.1, 0.15) is 22.9 Å². The highest BCUT2D eigenvalue weighted by Gasteiger charge is 2.34. The summed E-state index contributed by atoms with van der Waals surface area (Å²) in [6, 6.07) is 14.5. The van der Waals surface area contributed by atoms with Crippen molar-refractivity contribution in [2.24, 2.45) is 0 Å². The van der Waals surface area contributed by atoms with Crippen LogP contribution in [-0.2, 0) is 31.0 Å². The molecule has 0 radical (unpaired) electrons. The number of aliphatic carboxylic acids is 2. The fourth-order valence-corrected chi connectivity index (χ4v) is 5.94. The molecule has 1 atom stereocenters. The summed E-state index contributed by atoms with van der Waals surface area (Å²) >= 11 is 1.30. The van der Waals surface area contributed by atoms with E-state index in [0.29, 0.717) is 15.8 Å². The van der Waals surface area contributed by atoms with E-state index in [1.54, 1.807) is 29.6 Å². The molecule has 12 nitrogen and oxygen atoms in total. The number of pyridine rings is 1. The van der Waals surface area contributed by atoms with Crippen LogP contribution in [0.25, 0.3) is 10.9 Å². The number of fused-ring (bicyclic) bond motifs is 1. The summed E-state index contributed by atoms with van der Waals surface area (Å²) in [6.07, 6.45) is -0.346. The topological polar surface area (TPSA) is 183 Å². The lowest BCUT2D eigenvalue weighted by atomic mass is 10.0. The fraction of sp³-hybridized carbons (Fsp3) is 0.185. The van der Waals surface area contributed by atoms with E-state index < -0.39 is 40.5 Å². The number of thiophene rings is 1. The van der Waals surface area contributed by atoms with Gasteiger partial charge in [0.15, 0.2) is 0 Å². The van der Waals surface area contributed by atoms with E-state index in [1.165, 1.54) is 53.8 Å². The highest BCUT2D eigenvalue weighted by atomic mass is 32.2. The van der Waals surface area contributed by atoms with Gasteiger partial charge in [0.25, 0.3) is 0 Å². The predicted molar refractivity (Wildman–Crippen MR) is 149 cm³/mol. The molecule has 4 aromatic rings. The summed E-state index contributed by atoms with van der Waals surface area (Å²) in [7, 11) is -4.41. The largest absolute Gasteiger partial charge is 0.493 e. The number of sulfonamides is 1. The van der Waals surface area contributed by atoms with Gasteiger partial charge in [-0.15, -0.1) is 11.3 Å². The molecule has 0 aliphatic rings. The maximum Gasteiger partial charge on any atom is 0.323 e. The molecule has 4 N–H and O–H groups in total. The smallest absolute Gasteiger partial charge is 0.323 e. The SMILES string of the molecule is O=C(O)CCOc1ccccc1[C@H](NS(=O)(=O)c1ccc2[nH]c(=O)ccc2c1)C(=O)N(CC(=O)O)Cc1cccs1. The second-order valence-corrected chi connectivity index (χ2v) is 11.6. The second-order valence-electron chi connectivity index (χ2n) is 8.82. The molecule has 0 saturated heterocycles. The first-order valence-corrected chi connectivity index (χ1v) is 14.5. The van der Waals surface area contributed by atoms with Crippen LogP contribution in [0.4, 0.5) is 0 Å². The zero-order valence-corrected chi connectivity index (χ0v) is 23.0. The van der Waals surface area contributed by atoms with Gasteiger partial charge in [-0.3, -0.25) is 19.2 Å². The van der Waals surface area contributed by atoms with Gasteiger partial charge in [0, 0.05) is 22.0 Å². The number of ether oxygens (including phenoxy) is 1. The zero-order chi connectivity index (χ0) is 29.6. The molecule has 214 valence electrons. The predicted octanol–water partition coefficient (Wildman–Crippen LogP) is 2.58. The Balaban J connectivity index is 1.76. The van der Waals surface area contributed by atoms with Crippen molar-refractivity contribution in [3.8, 4) is 5.75 Å². The van der Waals surface area contributed by atoms with Crippen molar-refractivity contribution in [3.05, 3.63) is 92.9 Å². The minimum atomic E-state index is -4.41. The van der Waals surface area contributed by atoms with Crippen molar-refractivity contribution < 1.29 is 37.8 Å². The number of benzene rings is 2. The lowest BCUT2D eigenvalue weighted by Gasteiger charge is -2.27. The summed E-state index contributed by atoms with van der Waals surface area (Å²) in [6.45, 7) is -1.05. The quantitative estimate of drug-likeness (QED) is 0.179. The lowest BCUT2D eigenvalue weighted by Crippen LogP contribution is -2.44. The maximum absolute atomic E-state index is 13.9. The lowest BCUT2D eigenvalue weighted by molar-refractivity contribution is -0.145. The third-order valence-corrected chi connectivity index (χ3v) is 8.18. The van der Waals surface area contributed by atoms with Gasteiger partial charge < -0.3 is 24.8 Å². The van der Waals surface area contributed by atoms with E-state index in [4.69, 9.17) is 9.84 Å². The van der Waals surface area contributed by atoms with Crippen LogP contribution in [0.3, 0.4) is 0 Å². The zero-order valence-electron chi connectivity index (χ0n) is 21.3. The number of rotatable bonds is 13. The minimum Gasteiger partial charge on any atom is -0.493 e. The number of carbonyl (C=O) groups excluding carboxylic acids is 1. The van der Waals surface area contributed by atoms with Gasteiger partial charge in [0.2, 0.25) is 21.5 Å². The van der Waals surface area contributed by atoms with Crippen molar-refractivity contribution in [1.29, 1.82) is 0 Å². The molecule has 0 bridgehead atoms. The van der Waals surface area contributed by atoms with Crippen molar-refractivity contribution >= 4 is 50.1 Å². The van der Waals surface area contributed by atoms with E-state index >= 15 is 0 Å². The van der Waals surface area contributed by atoms with Crippen LogP contribution in [-0.4, -0.2) is 59.5 Å². The first-order valence-electron chi connectivity index (χ1n) is 12.2. The van der Waals surface area contributed by atoms with Gasteiger partial charge in [-0.05, 0) is 47.2 Å². The number of amides is 1. The molecule has 1 amide bonds. The highest BCUT2D eigenvalue weighted by molar-refractivity contribution is 7.89. The monoisotopic (exact) mass is 599 g/mol. The standard InChI is InChI=1S/C27H25N3O9S2/c31-23-10-7-17-14-19(8-9-21(17)28-23)41(37,38)29-26(20-5-1-2-6-22(20)39-12-11-24(32)33)27(36)30(16-25(34)35)15-18-4-3-13-40-18/h1-10,13-14,26,29H,11-12,15-16H2,(H,28,31)(H,32,33)(H,34,35)/t26-/m0/s1. The molecule has 2 aromatic carbocycles. The van der Waals surface area contributed by atoms with Gasteiger partial charge in [-0.2, -0.15) is 4.72 Å². The molecule has 2 aromatic heterocycles. The highest BCUT2D eigenvalue weighted by Crippen LogP contribution is 2.30. The van der Waals surface area contributed by atoms with E-state index in [-0.39, 0.29) is 41.3 Å². The van der Waals surface area contributed by atoms with Crippen LogP contribution < -0.4 is 15.0 Å². The maximum atomic E-state index is 13.9. The van der Waals surface area contributed by atoms with Crippen LogP contribution in [0.5, 0.6) is 5.75 Å². The van der Waals surface area contributed by atoms with Crippen LogP contribution >= 0.6 is 11.3 Å². The van der Waals surface area contributed by atoms with Crippen LogP contribution in [0, 0.1) is 0 Å². The van der Waals surface area contributed by atoms with Gasteiger partial charge in [0.1, 0.15) is 18.3 Å². The minimum absolute atomic E-state index is 0.0530. The number of carboxylic acid groups (broad SMARTS) is 2. The molecule has 0 unspecified atom stereocenters. The van der Waals surface area contributed by atoms with Crippen molar-refractivity contribution in [3.63, 3.8) is 0 Å². The molecule has 0 fully saturated rings. The van der Waals surface area contributed by atoms with E-state index in [2.05, 4.69) is 9.71 Å². The molecular weight excluding hydrogens is 574 g/mol. The Kier molecular flexibility index (Phi) is 9.17. The Hall–Kier alpha value is -4.53. The van der Waals surface area contributed by atoms with Crippen molar-refractivity contribution in [2.75, 3.05) is 13.2 Å². The second kappa shape index (κ2) is 12.8. The number of para-hydroxylation sites is 1. The number of hydrogen-bond acceptors (Lipinski definition) is 8. The van der Waals surface area contributed by atoms with Gasteiger partial charge >= 0.3 is 11.9 Å². The number of nitrogens with one attached hydrogen (secondary N) is 2. The van der Waals surface area contributed by atoms with Crippen molar-refractivity contribution in [1.82, 2.24) is 14.6 Å². The fourth-order valence-electron chi connectivity index (χ4n) is 4.02. The molecule has 0 spiro atoms. The number of carbonyl (C=O) groups is 3. The average Bonchev–Trinajstić information content (AvgIpc) is 3.44. The Morgan fingerprint density at radius 2 is 1.78 bits per heavy atom. The van der Waals surface area contributed by atoms with E-state index in [1.807, 2.05) is 0 Å². The van der Waals surface area contributed by atoms with Gasteiger partial charge in [-0.1, -0.05) is 24.3 Å². The summed E-state index contributed by atoms with van der Waals surface area (Å²) in [4.78, 5) is 52.4. The van der Waals surface area contributed by atoms with Crippen LogP contribution in [0.15, 0.2) is 81.8 Å². The number of H-pyrrole nitrogens is 1. The summed E-state index contributed by atoms with van der Waals surface area (Å²) in [5.74, 6) is -3.22. The van der Waals surface area contributed by atoms with Crippen LogP contribution in [0.2, 0.25) is 0 Å².